The topological polar surface area (TPSA) is 29.4 Å². The minimum Gasteiger partial charge on any atom is -0.211 e. The summed E-state index contributed by atoms with van der Waals surface area (Å²) in [5, 5.41) is 0.647. The first kappa shape index (κ1) is 8.14. The molecule has 52 valence electrons. The van der Waals surface area contributed by atoms with Gasteiger partial charge in [-0.15, -0.1) is 11.3 Å². The molecule has 1 aromatic heterocycles. The minimum atomic E-state index is 0.647. The number of nitrogens with zero attached hydrogens (tertiary/aromatic N) is 1. The Morgan fingerprint density at radius 1 is 1.60 bits per heavy atom. The highest BCUT2D eigenvalue weighted by atomic mass is 79.9. The number of hydrogen-bond acceptors (Lipinski definition) is 3. The molecule has 0 aliphatic rings. The third-order valence-corrected chi connectivity index (χ3v) is 3.94. The summed E-state index contributed by atoms with van der Waals surface area (Å²) in [6, 6.07) is 1.75. The largest absolute Gasteiger partial charge is 0.241 e. The lowest BCUT2D eigenvalue weighted by Gasteiger charge is -1.74. The number of halogens is 2. The SMILES string of the molecule is O=C=Nc1cc(Br)c(Br)s1. The van der Waals surface area contributed by atoms with Crippen LogP contribution in [0.3, 0.4) is 0 Å². The summed E-state index contributed by atoms with van der Waals surface area (Å²) in [5.74, 6) is 0. The third kappa shape index (κ3) is 1.76. The van der Waals surface area contributed by atoms with Crippen LogP contribution in [0.1, 0.15) is 0 Å². The zero-order valence-corrected chi connectivity index (χ0v) is 8.59. The molecule has 0 fully saturated rings. The first-order chi connectivity index (χ1) is 4.74. The Morgan fingerprint density at radius 2 is 2.30 bits per heavy atom. The molecule has 10 heavy (non-hydrogen) atoms. The second-order valence-corrected chi connectivity index (χ2v) is 4.61. The molecule has 0 N–H and O–H groups in total. The predicted molar refractivity (Wildman–Crippen MR) is 47.5 cm³/mol. The zero-order chi connectivity index (χ0) is 7.56. The van der Waals surface area contributed by atoms with E-state index in [0.29, 0.717) is 5.00 Å². The molecule has 0 aliphatic carbocycles. The summed E-state index contributed by atoms with van der Waals surface area (Å²) < 4.78 is 1.84. The van der Waals surface area contributed by atoms with Gasteiger partial charge < -0.3 is 0 Å². The van der Waals surface area contributed by atoms with Crippen molar-refractivity contribution in [2.75, 3.05) is 0 Å². The lowest BCUT2D eigenvalue weighted by molar-refractivity contribution is 0.565. The van der Waals surface area contributed by atoms with Crippen molar-refractivity contribution < 1.29 is 4.79 Å². The fourth-order valence-electron chi connectivity index (χ4n) is 0.435. The number of carbonyl (C=O) groups excluding carboxylic acids is 1. The Labute approximate surface area is 78.2 Å². The van der Waals surface area contributed by atoms with Crippen molar-refractivity contribution >= 4 is 54.3 Å². The summed E-state index contributed by atoms with van der Waals surface area (Å²) in [6.45, 7) is 0. The smallest absolute Gasteiger partial charge is 0.211 e. The van der Waals surface area contributed by atoms with E-state index in [1.165, 1.54) is 17.4 Å². The van der Waals surface area contributed by atoms with Gasteiger partial charge in [-0.1, -0.05) is 0 Å². The van der Waals surface area contributed by atoms with Crippen LogP contribution in [0.15, 0.2) is 19.3 Å². The lowest BCUT2D eigenvalue weighted by atomic mass is 10.6. The first-order valence-corrected chi connectivity index (χ1v) is 4.67. The van der Waals surface area contributed by atoms with Gasteiger partial charge in [0.2, 0.25) is 6.08 Å². The number of hydrogen-bond donors (Lipinski definition) is 0. The van der Waals surface area contributed by atoms with Crippen molar-refractivity contribution in [1.29, 1.82) is 0 Å². The van der Waals surface area contributed by atoms with E-state index in [4.69, 9.17) is 0 Å². The fraction of sp³-hybridized carbons (Fsp3) is 0. The standard InChI is InChI=1S/C5HBr2NOS/c6-3-1-4(8-2-9)10-5(3)7/h1H. The van der Waals surface area contributed by atoms with Gasteiger partial charge in [0.05, 0.1) is 3.79 Å². The van der Waals surface area contributed by atoms with Crippen LogP contribution >= 0.6 is 43.2 Å². The van der Waals surface area contributed by atoms with Crippen molar-refractivity contribution in [3.05, 3.63) is 14.3 Å². The number of rotatable bonds is 1. The third-order valence-electron chi connectivity index (χ3n) is 0.788. The van der Waals surface area contributed by atoms with Gasteiger partial charge in [-0.25, -0.2) is 4.79 Å². The van der Waals surface area contributed by atoms with E-state index in [1.807, 2.05) is 0 Å². The van der Waals surface area contributed by atoms with E-state index in [-0.39, 0.29) is 0 Å². The Balaban J connectivity index is 3.09. The van der Waals surface area contributed by atoms with Gasteiger partial charge in [0.1, 0.15) is 5.00 Å². The molecule has 1 rings (SSSR count). The maximum atomic E-state index is 9.78. The molecule has 1 heterocycles. The quantitative estimate of drug-likeness (QED) is 0.574. The van der Waals surface area contributed by atoms with Crippen molar-refractivity contribution in [3.63, 3.8) is 0 Å². The Bertz CT molecular complexity index is 270. The van der Waals surface area contributed by atoms with E-state index >= 15 is 0 Å². The van der Waals surface area contributed by atoms with Crippen LogP contribution in [0.5, 0.6) is 0 Å². The van der Waals surface area contributed by atoms with Gasteiger partial charge in [0.15, 0.2) is 0 Å². The second kappa shape index (κ2) is 3.44. The van der Waals surface area contributed by atoms with E-state index in [2.05, 4.69) is 36.9 Å². The van der Waals surface area contributed by atoms with Crippen LogP contribution in [-0.4, -0.2) is 6.08 Å². The summed E-state index contributed by atoms with van der Waals surface area (Å²) in [7, 11) is 0. The van der Waals surface area contributed by atoms with Gasteiger partial charge in [-0.05, 0) is 37.9 Å². The molecule has 0 aromatic carbocycles. The molecule has 0 bridgehead atoms. The van der Waals surface area contributed by atoms with Crippen LogP contribution in [0.25, 0.3) is 0 Å². The lowest BCUT2D eigenvalue weighted by Crippen LogP contribution is -1.47. The molecule has 0 aliphatic heterocycles. The van der Waals surface area contributed by atoms with E-state index in [0.717, 1.165) is 8.26 Å². The molecule has 0 saturated carbocycles. The second-order valence-electron chi connectivity index (χ2n) is 1.41. The average molecular weight is 283 g/mol. The highest BCUT2D eigenvalue weighted by molar-refractivity contribution is 9.13. The van der Waals surface area contributed by atoms with Crippen LogP contribution in [0, 0.1) is 0 Å². The number of aliphatic imine (C=N–C) groups is 1. The van der Waals surface area contributed by atoms with Gasteiger partial charge in [-0.3, -0.25) is 0 Å². The highest BCUT2D eigenvalue weighted by Gasteiger charge is 2.01. The molecule has 0 unspecified atom stereocenters. The van der Waals surface area contributed by atoms with Gasteiger partial charge in [0.25, 0.3) is 0 Å². The molecule has 2 nitrogen and oxygen atoms in total. The highest BCUT2D eigenvalue weighted by Crippen LogP contribution is 2.36. The molecule has 0 spiro atoms. The van der Waals surface area contributed by atoms with Crippen LogP contribution in [0.2, 0.25) is 0 Å². The summed E-state index contributed by atoms with van der Waals surface area (Å²) in [5.41, 5.74) is 0. The predicted octanol–water partition coefficient (Wildman–Crippen LogP) is 3.24. The minimum absolute atomic E-state index is 0.647. The summed E-state index contributed by atoms with van der Waals surface area (Å²) >= 11 is 7.91. The Kier molecular flexibility index (Phi) is 2.80. The fourth-order valence-corrected chi connectivity index (χ4v) is 2.26. The van der Waals surface area contributed by atoms with Crippen molar-refractivity contribution in [2.45, 2.75) is 0 Å². The van der Waals surface area contributed by atoms with E-state index in [1.54, 1.807) is 6.07 Å². The van der Waals surface area contributed by atoms with Crippen molar-refractivity contribution in [2.24, 2.45) is 4.99 Å². The monoisotopic (exact) mass is 281 g/mol. The maximum Gasteiger partial charge on any atom is 0.241 e. The Hall–Kier alpha value is 0.0400. The molecular formula is C5HBr2NOS. The van der Waals surface area contributed by atoms with Crippen LogP contribution in [0.4, 0.5) is 5.00 Å². The van der Waals surface area contributed by atoms with Crippen LogP contribution < -0.4 is 0 Å². The number of isocyanates is 1. The van der Waals surface area contributed by atoms with Crippen molar-refractivity contribution in [1.82, 2.24) is 0 Å². The molecule has 1 aromatic rings. The molecular weight excluding hydrogens is 282 g/mol. The van der Waals surface area contributed by atoms with E-state index in [9.17, 15) is 4.79 Å². The Morgan fingerprint density at radius 3 is 2.70 bits per heavy atom. The average Bonchev–Trinajstić information content (AvgIpc) is 2.14. The number of thiophene rings is 1. The summed E-state index contributed by atoms with van der Waals surface area (Å²) in [6.07, 6.45) is 1.47. The molecule has 0 amide bonds. The maximum absolute atomic E-state index is 9.78. The normalized spacial score (nSPS) is 9.00. The van der Waals surface area contributed by atoms with Crippen molar-refractivity contribution in [3.8, 4) is 0 Å². The zero-order valence-electron chi connectivity index (χ0n) is 4.60. The first-order valence-electron chi connectivity index (χ1n) is 2.26. The van der Waals surface area contributed by atoms with Gasteiger partial charge >= 0.3 is 0 Å². The summed E-state index contributed by atoms with van der Waals surface area (Å²) in [4.78, 5) is 13.2. The van der Waals surface area contributed by atoms with Gasteiger partial charge in [-0.2, -0.15) is 4.99 Å². The molecule has 0 saturated heterocycles. The molecule has 5 heteroatoms. The molecule has 0 radical (unpaired) electrons. The van der Waals surface area contributed by atoms with Crippen LogP contribution in [-0.2, 0) is 4.79 Å². The molecule has 0 atom stereocenters. The van der Waals surface area contributed by atoms with Gasteiger partial charge in [0, 0.05) is 4.47 Å². The van der Waals surface area contributed by atoms with E-state index < -0.39 is 0 Å².